The molecule has 9 nitrogen and oxygen atoms in total. The lowest BCUT2D eigenvalue weighted by atomic mass is 9.59. The van der Waals surface area contributed by atoms with Gasteiger partial charge >= 0.3 is 6.36 Å². The maximum Gasteiger partial charge on any atom is 0.522 e. The molecule has 0 saturated heterocycles. The van der Waals surface area contributed by atoms with Crippen molar-refractivity contribution >= 4 is 23.4 Å². The van der Waals surface area contributed by atoms with E-state index < -0.39 is 59.8 Å². The average Bonchev–Trinajstić information content (AvgIpc) is 2.81. The molecule has 5 aliphatic rings. The van der Waals surface area contributed by atoms with Crippen LogP contribution < -0.4 is 15.4 Å². The van der Waals surface area contributed by atoms with Gasteiger partial charge in [-0.3, -0.25) is 14.3 Å². The highest BCUT2D eigenvalue weighted by molar-refractivity contribution is 6.30. The van der Waals surface area contributed by atoms with Crippen LogP contribution in [0, 0.1) is 0 Å². The smallest absolute Gasteiger partial charge is 0.480 e. The van der Waals surface area contributed by atoms with Gasteiger partial charge < -0.3 is 30.3 Å². The number of rotatable bonds is 7. The van der Waals surface area contributed by atoms with Gasteiger partial charge in [-0.15, -0.1) is 13.2 Å². The summed E-state index contributed by atoms with van der Waals surface area (Å²) < 4.78 is 51.8. The average molecular weight is 563 g/mol. The number of hydrogen-bond donors (Lipinski definition) is 4. The third-order valence-corrected chi connectivity index (χ3v) is 8.46. The molecule has 4 saturated carbocycles. The van der Waals surface area contributed by atoms with E-state index in [9.17, 15) is 33.0 Å². The molecular formula is C25H30ClF3N2O7. The first kappa shape index (κ1) is 27.4. The van der Waals surface area contributed by atoms with Crippen molar-refractivity contribution in [1.82, 2.24) is 10.6 Å². The second kappa shape index (κ2) is 10.1. The molecule has 2 bridgehead atoms. The Labute approximate surface area is 221 Å². The van der Waals surface area contributed by atoms with E-state index in [4.69, 9.17) is 21.1 Å². The topological polar surface area (TPSA) is 126 Å². The number of halogens is 4. The number of nitrogens with one attached hydrogen (secondary N) is 2. The Morgan fingerprint density at radius 3 is 2.45 bits per heavy atom. The number of hydrogen-bond acceptors (Lipinski definition) is 7. The van der Waals surface area contributed by atoms with Gasteiger partial charge in [0.1, 0.15) is 12.4 Å². The molecule has 0 radical (unpaired) electrons. The van der Waals surface area contributed by atoms with Crippen molar-refractivity contribution in [3.63, 3.8) is 0 Å². The van der Waals surface area contributed by atoms with Crippen LogP contribution in [0.4, 0.5) is 13.2 Å². The molecule has 4 fully saturated rings. The van der Waals surface area contributed by atoms with Crippen molar-refractivity contribution in [3.05, 3.63) is 28.8 Å². The third kappa shape index (κ3) is 5.74. The minimum Gasteiger partial charge on any atom is -0.480 e. The minimum absolute atomic E-state index is 0.0510. The van der Waals surface area contributed by atoms with E-state index in [0.29, 0.717) is 42.0 Å². The van der Waals surface area contributed by atoms with Gasteiger partial charge in [0.25, 0.3) is 5.91 Å². The van der Waals surface area contributed by atoms with Crippen LogP contribution in [0.2, 0.25) is 5.02 Å². The van der Waals surface area contributed by atoms with E-state index >= 15 is 0 Å². The highest BCUT2D eigenvalue weighted by Crippen LogP contribution is 2.47. The number of alkyl halides is 3. The molecule has 1 heterocycles. The zero-order valence-corrected chi connectivity index (χ0v) is 21.2. The molecule has 4 aliphatic carbocycles. The Morgan fingerprint density at radius 1 is 1.08 bits per heavy atom. The van der Waals surface area contributed by atoms with Gasteiger partial charge in [0.05, 0.1) is 30.0 Å². The van der Waals surface area contributed by atoms with E-state index in [1.54, 1.807) is 18.2 Å². The largest absolute Gasteiger partial charge is 0.522 e. The fraction of sp³-hybridized carbons (Fsp3) is 0.680. The van der Waals surface area contributed by atoms with Crippen LogP contribution in [0.15, 0.2) is 18.2 Å². The number of aliphatic hydroxyl groups is 2. The summed E-state index contributed by atoms with van der Waals surface area (Å²) in [7, 11) is 0. The first-order valence-electron chi connectivity index (χ1n) is 12.7. The summed E-state index contributed by atoms with van der Waals surface area (Å²) in [6.07, 6.45) is -6.53. The first-order chi connectivity index (χ1) is 17.9. The number of ether oxygens (including phenoxy) is 3. The Balaban J connectivity index is 1.10. The zero-order valence-electron chi connectivity index (χ0n) is 20.4. The van der Waals surface area contributed by atoms with Gasteiger partial charge in [-0.1, -0.05) is 11.6 Å². The van der Waals surface area contributed by atoms with Crippen molar-refractivity contribution in [3.8, 4) is 5.75 Å². The molecule has 1 aromatic rings. The van der Waals surface area contributed by atoms with E-state index in [2.05, 4.69) is 15.4 Å². The first-order valence-corrected chi connectivity index (χ1v) is 13.0. The second-order valence-electron chi connectivity index (χ2n) is 10.8. The summed E-state index contributed by atoms with van der Waals surface area (Å²) in [5.41, 5.74) is -0.996. The summed E-state index contributed by atoms with van der Waals surface area (Å²) in [4.78, 5) is 25.6. The van der Waals surface area contributed by atoms with Crippen LogP contribution >= 0.6 is 11.6 Å². The van der Waals surface area contributed by atoms with Crippen LogP contribution in [-0.2, 0) is 19.1 Å². The molecule has 4 N–H and O–H groups in total. The van der Waals surface area contributed by atoms with E-state index in [-0.39, 0.29) is 32.3 Å². The lowest BCUT2D eigenvalue weighted by Gasteiger charge is -2.56. The highest BCUT2D eigenvalue weighted by Gasteiger charge is 2.56. The standard InChI is InChI=1S/C25H30ClF3N2O7/c26-13-1-2-18-16(7-13)17(32)10-19(37-18)22(35)31-24-5-3-23(4-6-24,11-20(24)33)30-21(34)12-36-14-8-15(9-14)38-25(27,28)29/h1-2,7,14-15,17,19-20,32-33H,3-6,8-12H2,(H,30,34)(H,31,35)/t14-,15+,17-,19-,20+,23?,24?/m1/s1. The van der Waals surface area contributed by atoms with E-state index in [1.165, 1.54) is 0 Å². The predicted octanol–water partition coefficient (Wildman–Crippen LogP) is 2.66. The van der Waals surface area contributed by atoms with Crippen LogP contribution in [0.3, 0.4) is 0 Å². The normalized spacial score (nSPS) is 36.0. The number of fused-ring (bicyclic) bond motifs is 4. The molecule has 210 valence electrons. The van der Waals surface area contributed by atoms with Crippen molar-refractivity contribution in [1.29, 1.82) is 0 Å². The highest BCUT2D eigenvalue weighted by atomic mass is 35.5. The van der Waals surface area contributed by atoms with Gasteiger partial charge in [0.2, 0.25) is 5.91 Å². The molecule has 3 atom stereocenters. The van der Waals surface area contributed by atoms with Crippen molar-refractivity contribution in [2.75, 3.05) is 6.61 Å². The molecule has 6 rings (SSSR count). The summed E-state index contributed by atoms with van der Waals surface area (Å²) in [6, 6.07) is 4.82. The quantitative estimate of drug-likeness (QED) is 0.402. The SMILES string of the molecule is O=C(CO[C@H]1C[C@@H](OC(F)(F)F)C1)NC12CCC(NC(=O)[C@H]3C[C@@H](O)c4cc(Cl)ccc4O3)(CC1)[C@@H](O)C2. The maximum atomic E-state index is 13.1. The predicted molar refractivity (Wildman–Crippen MR) is 126 cm³/mol. The fourth-order valence-corrected chi connectivity index (χ4v) is 6.21. The number of amides is 2. The number of carbonyl (C=O) groups excluding carboxylic acids is 2. The summed E-state index contributed by atoms with van der Waals surface area (Å²) in [5.74, 6) is -0.448. The van der Waals surface area contributed by atoms with Crippen LogP contribution in [0.25, 0.3) is 0 Å². The third-order valence-electron chi connectivity index (χ3n) is 8.23. The molecule has 0 unspecified atom stereocenters. The van der Waals surface area contributed by atoms with Crippen LogP contribution in [0.5, 0.6) is 5.75 Å². The van der Waals surface area contributed by atoms with Gasteiger partial charge in [0.15, 0.2) is 6.10 Å². The van der Waals surface area contributed by atoms with Crippen LogP contribution in [0.1, 0.15) is 63.0 Å². The number of aliphatic hydroxyl groups excluding tert-OH is 2. The maximum absolute atomic E-state index is 13.1. The summed E-state index contributed by atoms with van der Waals surface area (Å²) in [6.45, 7) is -0.294. The Morgan fingerprint density at radius 2 is 1.79 bits per heavy atom. The van der Waals surface area contributed by atoms with Crippen molar-refractivity contribution in [2.45, 2.75) is 99.3 Å². The lowest BCUT2D eigenvalue weighted by Crippen LogP contribution is -2.71. The molecule has 1 aromatic carbocycles. The molecule has 1 aliphatic heterocycles. The van der Waals surface area contributed by atoms with E-state index in [0.717, 1.165) is 0 Å². The van der Waals surface area contributed by atoms with E-state index in [1.807, 2.05) is 0 Å². The monoisotopic (exact) mass is 562 g/mol. The van der Waals surface area contributed by atoms with Gasteiger partial charge in [-0.05, 0) is 50.3 Å². The Hall–Kier alpha value is -2.12. The molecule has 13 heteroatoms. The molecular weight excluding hydrogens is 533 g/mol. The fourth-order valence-electron chi connectivity index (χ4n) is 6.03. The number of carbonyl (C=O) groups is 2. The van der Waals surface area contributed by atoms with Gasteiger partial charge in [0, 0.05) is 35.4 Å². The molecule has 2 amide bonds. The molecule has 0 aromatic heterocycles. The van der Waals surface area contributed by atoms with Gasteiger partial charge in [-0.2, -0.15) is 0 Å². The van der Waals surface area contributed by atoms with Crippen molar-refractivity contribution in [2.24, 2.45) is 0 Å². The van der Waals surface area contributed by atoms with Crippen LogP contribution in [-0.4, -0.2) is 70.5 Å². The van der Waals surface area contributed by atoms with Crippen molar-refractivity contribution < 1.29 is 47.2 Å². The Kier molecular flexibility index (Phi) is 7.31. The Bertz CT molecular complexity index is 1070. The van der Waals surface area contributed by atoms with Gasteiger partial charge in [-0.25, -0.2) is 0 Å². The molecule has 0 spiro atoms. The summed E-state index contributed by atoms with van der Waals surface area (Å²) in [5, 5.41) is 27.9. The minimum atomic E-state index is -4.69. The number of benzene rings is 1. The zero-order chi connectivity index (χ0) is 27.3. The second-order valence-corrected chi connectivity index (χ2v) is 11.3. The summed E-state index contributed by atoms with van der Waals surface area (Å²) >= 11 is 5.99. The lowest BCUT2D eigenvalue weighted by molar-refractivity contribution is -0.357. The molecule has 38 heavy (non-hydrogen) atoms.